The first-order chi connectivity index (χ1) is 14.1. The lowest BCUT2D eigenvalue weighted by molar-refractivity contribution is 0.231. The van der Waals surface area contributed by atoms with Gasteiger partial charge in [0.05, 0.1) is 0 Å². The third-order valence-corrected chi connectivity index (χ3v) is 5.83. The van der Waals surface area contributed by atoms with Crippen LogP contribution in [0, 0.1) is 0 Å². The molecule has 2 atom stereocenters. The van der Waals surface area contributed by atoms with Gasteiger partial charge in [-0.25, -0.2) is 9.78 Å². The van der Waals surface area contributed by atoms with Crippen LogP contribution in [0.3, 0.4) is 0 Å². The Balaban J connectivity index is 1.18. The molecule has 2 amide bonds. The van der Waals surface area contributed by atoms with Crippen molar-refractivity contribution in [3.8, 4) is 0 Å². The van der Waals surface area contributed by atoms with Crippen LogP contribution in [-0.2, 0) is 0 Å². The molecule has 2 aliphatic rings. The molecule has 3 N–H and O–H groups in total. The molecule has 0 bridgehead atoms. The maximum absolute atomic E-state index is 12.3. The van der Waals surface area contributed by atoms with Gasteiger partial charge in [-0.05, 0) is 43.7 Å². The first-order valence-electron chi connectivity index (χ1n) is 10.5. The van der Waals surface area contributed by atoms with E-state index in [0.717, 1.165) is 37.9 Å². The summed E-state index contributed by atoms with van der Waals surface area (Å²) in [5.41, 5.74) is 1.31. The summed E-state index contributed by atoms with van der Waals surface area (Å²) < 4.78 is 0. The lowest BCUT2D eigenvalue weighted by Crippen LogP contribution is -2.45. The average molecular weight is 395 g/mol. The zero-order chi connectivity index (χ0) is 20.2. The largest absolute Gasteiger partial charge is 0.363 e. The van der Waals surface area contributed by atoms with E-state index in [1.165, 1.54) is 5.56 Å². The normalized spacial score (nSPS) is 25.7. The van der Waals surface area contributed by atoms with Crippen LogP contribution < -0.4 is 20.9 Å². The Morgan fingerprint density at radius 3 is 2.45 bits per heavy atom. The number of carbonyl (C=O) groups is 1. The first kappa shape index (κ1) is 19.5. The van der Waals surface area contributed by atoms with Crippen molar-refractivity contribution < 1.29 is 4.79 Å². The molecule has 1 heterocycles. The molecular formula is C22H30N6O. The quantitative estimate of drug-likeness (QED) is 0.701. The predicted molar refractivity (Wildman–Crippen MR) is 115 cm³/mol. The van der Waals surface area contributed by atoms with Gasteiger partial charge in [-0.15, -0.1) is 0 Å². The van der Waals surface area contributed by atoms with Gasteiger partial charge in [-0.1, -0.05) is 30.3 Å². The molecular weight excluding hydrogens is 364 g/mol. The molecule has 4 rings (SSSR count). The van der Waals surface area contributed by atoms with Crippen LogP contribution in [0.4, 0.5) is 16.6 Å². The van der Waals surface area contributed by atoms with Crippen LogP contribution in [0.5, 0.6) is 0 Å². The van der Waals surface area contributed by atoms with Gasteiger partial charge in [-0.2, -0.15) is 4.98 Å². The van der Waals surface area contributed by atoms with Crippen molar-refractivity contribution in [2.24, 2.45) is 0 Å². The second-order valence-electron chi connectivity index (χ2n) is 8.30. The van der Waals surface area contributed by atoms with E-state index in [2.05, 4.69) is 50.2 Å². The monoisotopic (exact) mass is 394 g/mol. The highest BCUT2D eigenvalue weighted by atomic mass is 16.2. The fraction of sp³-hybridized carbons (Fsp3) is 0.500. The second kappa shape index (κ2) is 8.68. The minimum Gasteiger partial charge on any atom is -0.363 e. The number of hydrogen-bond acceptors (Lipinski definition) is 5. The number of anilines is 2. The summed E-state index contributed by atoms with van der Waals surface area (Å²) >= 11 is 0. The van der Waals surface area contributed by atoms with Gasteiger partial charge < -0.3 is 20.9 Å². The highest BCUT2D eigenvalue weighted by Gasteiger charge is 2.39. The lowest BCUT2D eigenvalue weighted by Gasteiger charge is -2.29. The van der Waals surface area contributed by atoms with Crippen molar-refractivity contribution in [1.29, 1.82) is 0 Å². The fourth-order valence-corrected chi connectivity index (χ4v) is 4.05. The van der Waals surface area contributed by atoms with Crippen LogP contribution in [0.25, 0.3) is 0 Å². The summed E-state index contributed by atoms with van der Waals surface area (Å²) in [5, 5.41) is 9.72. The summed E-state index contributed by atoms with van der Waals surface area (Å²) in [4.78, 5) is 23.2. The van der Waals surface area contributed by atoms with Gasteiger partial charge in [0, 0.05) is 44.3 Å². The van der Waals surface area contributed by atoms with Crippen molar-refractivity contribution in [3.05, 3.63) is 48.2 Å². The Morgan fingerprint density at radius 1 is 1.00 bits per heavy atom. The number of nitrogens with one attached hydrogen (secondary N) is 3. The number of urea groups is 1. The Morgan fingerprint density at radius 2 is 1.72 bits per heavy atom. The third-order valence-electron chi connectivity index (χ3n) is 5.83. The predicted octanol–water partition coefficient (Wildman–Crippen LogP) is 3.12. The van der Waals surface area contributed by atoms with E-state index < -0.39 is 0 Å². The minimum atomic E-state index is -0.0353. The van der Waals surface area contributed by atoms with Gasteiger partial charge in [0.25, 0.3) is 0 Å². The molecule has 2 aromatic rings. The number of hydrogen-bond donors (Lipinski definition) is 3. The van der Waals surface area contributed by atoms with Gasteiger partial charge in [0.2, 0.25) is 5.95 Å². The molecule has 154 valence electrons. The zero-order valence-electron chi connectivity index (χ0n) is 17.1. The van der Waals surface area contributed by atoms with Crippen LogP contribution in [0.15, 0.2) is 42.6 Å². The van der Waals surface area contributed by atoms with E-state index >= 15 is 0 Å². The first-order valence-corrected chi connectivity index (χ1v) is 10.5. The molecule has 0 radical (unpaired) electrons. The average Bonchev–Trinajstić information content (AvgIpc) is 3.49. The molecule has 1 aromatic heterocycles. The second-order valence-corrected chi connectivity index (χ2v) is 8.30. The number of benzene rings is 1. The van der Waals surface area contributed by atoms with Gasteiger partial charge in [-0.3, -0.25) is 0 Å². The van der Waals surface area contributed by atoms with Crippen molar-refractivity contribution in [2.75, 3.05) is 24.3 Å². The molecule has 1 aromatic carbocycles. The standard InChI is InChI=1S/C22H30N6O/c1-28(2)20-12-13-23-21(27-20)24-16-8-10-17(11-9-16)25-22(29)26-19-14-18(19)15-6-4-3-5-7-15/h3-7,12-13,16-19H,8-11,14H2,1-2H3,(H,23,24,27)(H2,25,26,29)/t16-,17+,18-,19?/m0/s1. The van der Waals surface area contributed by atoms with E-state index in [1.807, 2.05) is 31.1 Å². The van der Waals surface area contributed by atoms with Crippen molar-refractivity contribution >= 4 is 17.8 Å². The Labute approximate surface area is 172 Å². The van der Waals surface area contributed by atoms with Gasteiger partial charge in [0.15, 0.2) is 0 Å². The summed E-state index contributed by atoms with van der Waals surface area (Å²) in [6.07, 6.45) is 6.73. The molecule has 2 aliphatic carbocycles. The lowest BCUT2D eigenvalue weighted by atomic mass is 9.91. The molecule has 0 spiro atoms. The highest BCUT2D eigenvalue weighted by molar-refractivity contribution is 5.75. The molecule has 7 nitrogen and oxygen atoms in total. The Kier molecular flexibility index (Phi) is 5.83. The minimum absolute atomic E-state index is 0.0353. The van der Waals surface area contributed by atoms with E-state index in [1.54, 1.807) is 6.20 Å². The van der Waals surface area contributed by atoms with Crippen LogP contribution in [0.2, 0.25) is 0 Å². The number of aromatic nitrogens is 2. The van der Waals surface area contributed by atoms with Crippen molar-refractivity contribution in [1.82, 2.24) is 20.6 Å². The molecule has 7 heteroatoms. The Hall–Kier alpha value is -2.83. The zero-order valence-corrected chi connectivity index (χ0v) is 17.1. The van der Waals surface area contributed by atoms with E-state index in [0.29, 0.717) is 17.9 Å². The van der Waals surface area contributed by atoms with E-state index in [-0.39, 0.29) is 18.1 Å². The maximum Gasteiger partial charge on any atom is 0.315 e. The molecule has 2 fully saturated rings. The summed E-state index contributed by atoms with van der Waals surface area (Å²) in [6.45, 7) is 0. The molecule has 1 unspecified atom stereocenters. The topological polar surface area (TPSA) is 82.2 Å². The SMILES string of the molecule is CN(C)c1ccnc(N[C@H]2CC[C@@H](NC(=O)NC3C[C@H]3c3ccccc3)CC2)n1. The van der Waals surface area contributed by atoms with Gasteiger partial charge >= 0.3 is 6.03 Å². The van der Waals surface area contributed by atoms with Crippen LogP contribution in [-0.4, -0.2) is 48.2 Å². The van der Waals surface area contributed by atoms with E-state index in [9.17, 15) is 4.79 Å². The third kappa shape index (κ3) is 5.16. The van der Waals surface area contributed by atoms with Crippen LogP contribution >= 0.6 is 0 Å². The summed E-state index contributed by atoms with van der Waals surface area (Å²) in [7, 11) is 3.94. The van der Waals surface area contributed by atoms with Crippen molar-refractivity contribution in [3.63, 3.8) is 0 Å². The van der Waals surface area contributed by atoms with Crippen molar-refractivity contribution in [2.45, 2.75) is 56.1 Å². The smallest absolute Gasteiger partial charge is 0.315 e. The Bertz CT molecular complexity index is 819. The van der Waals surface area contributed by atoms with Crippen LogP contribution in [0.1, 0.15) is 43.6 Å². The number of amides is 2. The molecule has 2 saturated carbocycles. The molecule has 0 saturated heterocycles. The number of rotatable bonds is 6. The van der Waals surface area contributed by atoms with Gasteiger partial charge in [0.1, 0.15) is 5.82 Å². The maximum atomic E-state index is 12.3. The fourth-order valence-electron chi connectivity index (χ4n) is 4.05. The highest BCUT2D eigenvalue weighted by Crippen LogP contribution is 2.40. The molecule has 29 heavy (non-hydrogen) atoms. The number of carbonyl (C=O) groups excluding carboxylic acids is 1. The summed E-state index contributed by atoms with van der Waals surface area (Å²) in [5.74, 6) is 2.02. The van der Waals surface area contributed by atoms with E-state index in [4.69, 9.17) is 0 Å². The molecule has 0 aliphatic heterocycles. The summed E-state index contributed by atoms with van der Waals surface area (Å²) in [6, 6.07) is 13.1. The number of nitrogens with zero attached hydrogens (tertiary/aromatic N) is 3.